The molecule has 0 aliphatic rings. The summed E-state index contributed by atoms with van der Waals surface area (Å²) in [7, 11) is 1.51. The van der Waals surface area contributed by atoms with E-state index in [1.807, 2.05) is 18.2 Å². The van der Waals surface area contributed by atoms with Crippen molar-refractivity contribution in [3.63, 3.8) is 0 Å². The molecule has 0 heterocycles. The zero-order chi connectivity index (χ0) is 21.9. The van der Waals surface area contributed by atoms with Crippen LogP contribution >= 0.6 is 0 Å². The van der Waals surface area contributed by atoms with E-state index in [9.17, 15) is 4.79 Å². The van der Waals surface area contributed by atoms with Crippen LogP contribution in [0.4, 0.5) is 5.69 Å². The van der Waals surface area contributed by atoms with Gasteiger partial charge in [-0.25, -0.2) is 0 Å². The van der Waals surface area contributed by atoms with Crippen molar-refractivity contribution >= 4 is 11.6 Å². The van der Waals surface area contributed by atoms with Crippen LogP contribution in [0.25, 0.3) is 0 Å². The number of hydrogen-bond acceptors (Lipinski definition) is 4. The van der Waals surface area contributed by atoms with Crippen LogP contribution in [0.15, 0.2) is 18.2 Å². The van der Waals surface area contributed by atoms with Gasteiger partial charge in [-0.2, -0.15) is 0 Å². The molecule has 0 radical (unpaired) electrons. The lowest BCUT2D eigenvalue weighted by molar-refractivity contribution is -0.119. The Labute approximate surface area is 183 Å². The lowest BCUT2D eigenvalue weighted by Gasteiger charge is -2.15. The third-order valence-corrected chi connectivity index (χ3v) is 5.02. The van der Waals surface area contributed by atoms with Gasteiger partial charge in [-0.15, -0.1) is 0 Å². The molecule has 0 saturated carbocycles. The van der Waals surface area contributed by atoms with Gasteiger partial charge in [-0.3, -0.25) is 4.79 Å². The zero-order valence-corrected chi connectivity index (χ0v) is 19.5. The van der Waals surface area contributed by atoms with Gasteiger partial charge in [-0.1, -0.05) is 78.1 Å². The molecule has 1 aromatic rings. The fraction of sp³-hybridized carbons (Fsp3) is 0.720. The largest absolute Gasteiger partial charge is 0.493 e. The van der Waals surface area contributed by atoms with Crippen LogP contribution < -0.4 is 14.8 Å². The highest BCUT2D eigenvalue weighted by molar-refractivity contribution is 5.93. The minimum atomic E-state index is -0.192. The molecule has 1 amide bonds. The SMILES string of the molecule is CCCCCCCCOc1ccc(NC(=O)COC)c(OCCCCCCCC)c1. The number of benzene rings is 1. The van der Waals surface area contributed by atoms with E-state index in [0.29, 0.717) is 24.7 Å². The molecular formula is C25H43NO4. The number of unbranched alkanes of at least 4 members (excludes halogenated alkanes) is 10. The van der Waals surface area contributed by atoms with Crippen molar-refractivity contribution in [2.45, 2.75) is 90.9 Å². The van der Waals surface area contributed by atoms with Gasteiger partial charge in [0.25, 0.3) is 0 Å². The molecule has 0 bridgehead atoms. The fourth-order valence-electron chi connectivity index (χ4n) is 3.27. The number of nitrogens with one attached hydrogen (secondary N) is 1. The average Bonchev–Trinajstić information content (AvgIpc) is 2.74. The van der Waals surface area contributed by atoms with Crippen LogP contribution in [-0.2, 0) is 9.53 Å². The van der Waals surface area contributed by atoms with Crippen LogP contribution in [-0.4, -0.2) is 32.8 Å². The molecule has 0 unspecified atom stereocenters. The lowest BCUT2D eigenvalue weighted by Crippen LogP contribution is -2.18. The molecule has 0 aliphatic carbocycles. The van der Waals surface area contributed by atoms with E-state index < -0.39 is 0 Å². The summed E-state index contributed by atoms with van der Waals surface area (Å²) in [6.07, 6.45) is 14.7. The van der Waals surface area contributed by atoms with Crippen molar-refractivity contribution in [2.24, 2.45) is 0 Å². The van der Waals surface area contributed by atoms with E-state index in [4.69, 9.17) is 14.2 Å². The number of carbonyl (C=O) groups excluding carboxylic acids is 1. The normalized spacial score (nSPS) is 10.8. The van der Waals surface area contributed by atoms with E-state index in [-0.39, 0.29) is 12.5 Å². The Morgan fingerprint density at radius 1 is 0.800 bits per heavy atom. The standard InChI is InChI=1S/C25H43NO4/c1-4-6-8-10-12-14-18-29-22-16-17-23(26-25(27)21-28-3)24(20-22)30-19-15-13-11-9-7-5-2/h16-17,20H,4-15,18-19,21H2,1-3H3,(H,26,27). The molecule has 0 aliphatic heterocycles. The van der Waals surface area contributed by atoms with Gasteiger partial charge < -0.3 is 19.5 Å². The molecule has 1 rings (SSSR count). The number of methoxy groups -OCH3 is 1. The number of amides is 1. The Balaban J connectivity index is 2.51. The average molecular weight is 422 g/mol. The van der Waals surface area contributed by atoms with Gasteiger partial charge in [0.05, 0.1) is 18.9 Å². The Morgan fingerprint density at radius 2 is 1.37 bits per heavy atom. The highest BCUT2D eigenvalue weighted by atomic mass is 16.5. The number of anilines is 1. The monoisotopic (exact) mass is 421 g/mol. The lowest BCUT2D eigenvalue weighted by atomic mass is 10.1. The van der Waals surface area contributed by atoms with Crippen LogP contribution in [0.5, 0.6) is 11.5 Å². The van der Waals surface area contributed by atoms with E-state index in [1.54, 1.807) is 0 Å². The Hall–Kier alpha value is -1.75. The maximum absolute atomic E-state index is 11.9. The molecule has 1 N–H and O–H groups in total. The fourth-order valence-corrected chi connectivity index (χ4v) is 3.27. The van der Waals surface area contributed by atoms with E-state index >= 15 is 0 Å². The van der Waals surface area contributed by atoms with Crippen LogP contribution in [0.1, 0.15) is 90.9 Å². The van der Waals surface area contributed by atoms with Gasteiger partial charge in [0.15, 0.2) is 0 Å². The zero-order valence-electron chi connectivity index (χ0n) is 19.5. The van der Waals surface area contributed by atoms with Gasteiger partial charge >= 0.3 is 0 Å². The summed E-state index contributed by atoms with van der Waals surface area (Å²) in [5.41, 5.74) is 0.662. The molecular weight excluding hydrogens is 378 g/mol. The molecule has 0 fully saturated rings. The molecule has 1 aromatic carbocycles. The summed E-state index contributed by atoms with van der Waals surface area (Å²) in [6.45, 7) is 5.83. The summed E-state index contributed by atoms with van der Waals surface area (Å²) >= 11 is 0. The second-order valence-electron chi connectivity index (χ2n) is 7.87. The van der Waals surface area contributed by atoms with Crippen molar-refractivity contribution in [3.05, 3.63) is 18.2 Å². The minimum Gasteiger partial charge on any atom is -0.493 e. The Kier molecular flexibility index (Phi) is 15.8. The third-order valence-electron chi connectivity index (χ3n) is 5.02. The van der Waals surface area contributed by atoms with Gasteiger partial charge in [0.1, 0.15) is 18.1 Å². The first-order chi connectivity index (χ1) is 14.7. The predicted molar refractivity (Wildman–Crippen MR) is 125 cm³/mol. The molecule has 0 saturated heterocycles. The first-order valence-corrected chi connectivity index (χ1v) is 11.9. The summed E-state index contributed by atoms with van der Waals surface area (Å²) in [6, 6.07) is 5.62. The third kappa shape index (κ3) is 12.7. The summed E-state index contributed by atoms with van der Waals surface area (Å²) in [5.74, 6) is 1.25. The topological polar surface area (TPSA) is 56.8 Å². The number of carbonyl (C=O) groups is 1. The van der Waals surface area contributed by atoms with Gasteiger partial charge in [0, 0.05) is 13.2 Å². The van der Waals surface area contributed by atoms with E-state index in [2.05, 4.69) is 19.2 Å². The Morgan fingerprint density at radius 3 is 1.97 bits per heavy atom. The summed E-state index contributed by atoms with van der Waals surface area (Å²) in [4.78, 5) is 11.9. The summed E-state index contributed by atoms with van der Waals surface area (Å²) < 4.78 is 16.8. The van der Waals surface area contributed by atoms with Crippen molar-refractivity contribution in [2.75, 3.05) is 32.2 Å². The summed E-state index contributed by atoms with van der Waals surface area (Å²) in [5, 5.41) is 2.86. The van der Waals surface area contributed by atoms with Crippen molar-refractivity contribution in [1.82, 2.24) is 0 Å². The molecule has 0 aromatic heterocycles. The molecule has 5 nitrogen and oxygen atoms in total. The van der Waals surface area contributed by atoms with Crippen molar-refractivity contribution in [3.8, 4) is 11.5 Å². The van der Waals surface area contributed by atoms with E-state index in [1.165, 1.54) is 71.3 Å². The quantitative estimate of drug-likeness (QED) is 0.251. The highest BCUT2D eigenvalue weighted by Gasteiger charge is 2.10. The smallest absolute Gasteiger partial charge is 0.250 e. The highest BCUT2D eigenvalue weighted by Crippen LogP contribution is 2.30. The Bertz CT molecular complexity index is 562. The van der Waals surface area contributed by atoms with Gasteiger partial charge in [0.2, 0.25) is 5.91 Å². The molecule has 0 atom stereocenters. The molecule has 5 heteroatoms. The maximum Gasteiger partial charge on any atom is 0.250 e. The molecule has 172 valence electrons. The van der Waals surface area contributed by atoms with Crippen LogP contribution in [0.2, 0.25) is 0 Å². The number of hydrogen-bond donors (Lipinski definition) is 1. The van der Waals surface area contributed by atoms with Crippen LogP contribution in [0.3, 0.4) is 0 Å². The molecule has 30 heavy (non-hydrogen) atoms. The second-order valence-corrected chi connectivity index (χ2v) is 7.87. The first kappa shape index (κ1) is 26.3. The maximum atomic E-state index is 11.9. The van der Waals surface area contributed by atoms with Gasteiger partial charge in [-0.05, 0) is 25.0 Å². The van der Waals surface area contributed by atoms with E-state index in [0.717, 1.165) is 18.6 Å². The van der Waals surface area contributed by atoms with Crippen molar-refractivity contribution < 1.29 is 19.0 Å². The molecule has 0 spiro atoms. The van der Waals surface area contributed by atoms with Crippen LogP contribution in [0, 0.1) is 0 Å². The predicted octanol–water partition coefficient (Wildman–Crippen LogP) is 6.75. The first-order valence-electron chi connectivity index (χ1n) is 11.9. The van der Waals surface area contributed by atoms with Crippen molar-refractivity contribution in [1.29, 1.82) is 0 Å². The second kappa shape index (κ2) is 18.1. The minimum absolute atomic E-state index is 0.0210. The number of rotatable bonds is 19. The number of ether oxygens (including phenoxy) is 3.